The highest BCUT2D eigenvalue weighted by Gasteiger charge is 2.64. The van der Waals surface area contributed by atoms with E-state index in [2.05, 4.69) is 5.32 Å². The van der Waals surface area contributed by atoms with E-state index in [1.165, 1.54) is 0 Å². The smallest absolute Gasteiger partial charge is 0.407 e. The maximum Gasteiger partial charge on any atom is 0.496 e. The van der Waals surface area contributed by atoms with Gasteiger partial charge in [-0.15, -0.1) is 0 Å². The molecule has 5 nitrogen and oxygen atoms in total. The van der Waals surface area contributed by atoms with E-state index in [1.807, 2.05) is 13.8 Å². The normalized spacial score (nSPS) is 28.6. The molecule has 1 N–H and O–H groups in total. The number of ether oxygens (including phenoxy) is 1. The Kier molecular flexibility index (Phi) is 5.29. The summed E-state index contributed by atoms with van der Waals surface area (Å²) in [5.41, 5.74) is -5.69. The molecule has 160 valence electrons. The number of nitrogens with one attached hydrogen (secondary N) is 1. The summed E-state index contributed by atoms with van der Waals surface area (Å²) in [6.45, 7) is 6.88. The molecule has 29 heavy (non-hydrogen) atoms. The van der Waals surface area contributed by atoms with Crippen LogP contribution in [0.2, 0.25) is 0 Å². The molecule has 1 unspecified atom stereocenters. The van der Waals surface area contributed by atoms with Crippen LogP contribution >= 0.6 is 0 Å². The summed E-state index contributed by atoms with van der Waals surface area (Å²) in [6, 6.07) is 1.44. The molecule has 2 saturated heterocycles. The summed E-state index contributed by atoms with van der Waals surface area (Å²) < 4.78 is 76.3. The fourth-order valence-electron chi connectivity index (χ4n) is 3.57. The second-order valence-corrected chi connectivity index (χ2v) is 9.02. The van der Waals surface area contributed by atoms with Gasteiger partial charge in [-0.25, -0.2) is 17.6 Å². The third-order valence-electron chi connectivity index (χ3n) is 5.47. The van der Waals surface area contributed by atoms with Gasteiger partial charge in [-0.05, 0) is 20.8 Å². The minimum absolute atomic E-state index is 0.217. The molecule has 1 atom stereocenters. The van der Waals surface area contributed by atoms with Gasteiger partial charge in [0.2, 0.25) is 5.91 Å². The fourth-order valence-corrected chi connectivity index (χ4v) is 3.57. The molecule has 2 aliphatic rings. The van der Waals surface area contributed by atoms with Gasteiger partial charge in [-0.1, -0.05) is 19.9 Å². The van der Waals surface area contributed by atoms with Crippen molar-refractivity contribution < 1.29 is 36.4 Å². The highest BCUT2D eigenvalue weighted by Crippen LogP contribution is 2.48. The molecule has 1 aromatic rings. The van der Waals surface area contributed by atoms with Gasteiger partial charge in [0.15, 0.2) is 0 Å². The Labute approximate surface area is 167 Å². The van der Waals surface area contributed by atoms with E-state index in [4.69, 9.17) is 14.0 Å². The Hall–Kier alpha value is -1.65. The maximum absolute atomic E-state index is 15.4. The van der Waals surface area contributed by atoms with Crippen molar-refractivity contribution >= 4 is 18.5 Å². The second-order valence-electron chi connectivity index (χ2n) is 9.02. The summed E-state index contributed by atoms with van der Waals surface area (Å²) >= 11 is 0. The molecule has 0 spiro atoms. The summed E-state index contributed by atoms with van der Waals surface area (Å²) in [5.74, 6) is -6.78. The van der Waals surface area contributed by atoms with Crippen LogP contribution in [0.4, 0.5) is 17.6 Å². The number of hydrogen-bond acceptors (Lipinski definition) is 4. The molecule has 1 amide bonds. The molecule has 2 aliphatic heterocycles. The molecule has 0 bridgehead atoms. The standard InChI is InChI=1S/C19H24BF4NO4/c1-16(2)9-28-20(29-10-16)12-6-11(13(21)7-14(12)22)18(5)19(23,24)17(3,4)27-8-15(26)25-18/h6-7H,8-10H2,1-5H3,(H,25,26). The lowest BCUT2D eigenvalue weighted by atomic mass is 9.71. The van der Waals surface area contributed by atoms with Crippen molar-refractivity contribution in [3.05, 3.63) is 29.3 Å². The van der Waals surface area contributed by atoms with Gasteiger partial charge in [0.25, 0.3) is 0 Å². The van der Waals surface area contributed by atoms with Gasteiger partial charge in [0.1, 0.15) is 29.4 Å². The quantitative estimate of drug-likeness (QED) is 0.594. The lowest BCUT2D eigenvalue weighted by Crippen LogP contribution is -2.63. The molecule has 2 heterocycles. The molecule has 0 radical (unpaired) electrons. The number of halogens is 4. The first kappa shape index (κ1) is 22.0. The lowest BCUT2D eigenvalue weighted by Gasteiger charge is -2.43. The van der Waals surface area contributed by atoms with Gasteiger partial charge in [0.05, 0.1) is 0 Å². The number of hydrogen-bond donors (Lipinski definition) is 1. The first-order valence-electron chi connectivity index (χ1n) is 9.26. The predicted molar refractivity (Wildman–Crippen MR) is 97.9 cm³/mol. The second kappa shape index (κ2) is 6.96. The van der Waals surface area contributed by atoms with Crippen LogP contribution < -0.4 is 10.8 Å². The Morgan fingerprint density at radius 1 is 1.00 bits per heavy atom. The molecule has 0 saturated carbocycles. The van der Waals surface area contributed by atoms with E-state index in [-0.39, 0.29) is 24.1 Å². The van der Waals surface area contributed by atoms with Crippen molar-refractivity contribution in [3.8, 4) is 0 Å². The van der Waals surface area contributed by atoms with Gasteiger partial charge in [-0.2, -0.15) is 0 Å². The van der Waals surface area contributed by atoms with Crippen LogP contribution in [0.5, 0.6) is 0 Å². The fraction of sp³-hybridized carbons (Fsp3) is 0.632. The summed E-state index contributed by atoms with van der Waals surface area (Å²) in [5, 5.41) is 2.16. The van der Waals surface area contributed by atoms with E-state index in [0.29, 0.717) is 6.07 Å². The first-order chi connectivity index (χ1) is 13.2. The van der Waals surface area contributed by atoms with Gasteiger partial charge in [0, 0.05) is 35.7 Å². The molecule has 10 heteroatoms. The molecule has 3 rings (SSSR count). The van der Waals surface area contributed by atoms with Crippen molar-refractivity contribution in [2.75, 3.05) is 19.8 Å². The number of carbonyl (C=O) groups excluding carboxylic acids is 1. The lowest BCUT2D eigenvalue weighted by molar-refractivity contribution is -0.216. The zero-order valence-electron chi connectivity index (χ0n) is 17.0. The Morgan fingerprint density at radius 3 is 2.17 bits per heavy atom. The third kappa shape index (κ3) is 3.66. The third-order valence-corrected chi connectivity index (χ3v) is 5.47. The zero-order chi connectivity index (χ0) is 21.8. The molecular formula is C19H24BF4NO4. The van der Waals surface area contributed by atoms with Crippen molar-refractivity contribution in [1.82, 2.24) is 5.32 Å². The molecule has 1 aromatic carbocycles. The van der Waals surface area contributed by atoms with Crippen LogP contribution in [-0.2, 0) is 24.4 Å². The molecule has 0 aromatic heterocycles. The predicted octanol–water partition coefficient (Wildman–Crippen LogP) is 2.51. The number of carbonyl (C=O) groups is 1. The average molecular weight is 417 g/mol. The van der Waals surface area contributed by atoms with Crippen LogP contribution in [0.1, 0.15) is 40.2 Å². The van der Waals surface area contributed by atoms with Crippen LogP contribution in [0.25, 0.3) is 0 Å². The van der Waals surface area contributed by atoms with E-state index in [0.717, 1.165) is 26.8 Å². The minimum atomic E-state index is -3.74. The topological polar surface area (TPSA) is 56.8 Å². The Balaban J connectivity index is 2.11. The van der Waals surface area contributed by atoms with Crippen LogP contribution in [0.3, 0.4) is 0 Å². The number of benzene rings is 1. The van der Waals surface area contributed by atoms with Crippen LogP contribution in [0.15, 0.2) is 12.1 Å². The number of amides is 1. The Bertz CT molecular complexity index is 823. The summed E-state index contributed by atoms with van der Waals surface area (Å²) in [4.78, 5) is 12.1. The molecule has 2 fully saturated rings. The number of rotatable bonds is 2. The van der Waals surface area contributed by atoms with Crippen molar-refractivity contribution in [1.29, 1.82) is 0 Å². The first-order valence-corrected chi connectivity index (χ1v) is 9.26. The van der Waals surface area contributed by atoms with Gasteiger partial charge >= 0.3 is 13.0 Å². The highest BCUT2D eigenvalue weighted by molar-refractivity contribution is 6.61. The Morgan fingerprint density at radius 2 is 1.59 bits per heavy atom. The molecular weight excluding hydrogens is 393 g/mol. The van der Waals surface area contributed by atoms with Gasteiger partial charge in [-0.3, -0.25) is 4.79 Å². The zero-order valence-corrected chi connectivity index (χ0v) is 17.0. The van der Waals surface area contributed by atoms with E-state index < -0.39 is 53.9 Å². The van der Waals surface area contributed by atoms with E-state index in [9.17, 15) is 13.6 Å². The van der Waals surface area contributed by atoms with E-state index in [1.54, 1.807) is 0 Å². The highest BCUT2D eigenvalue weighted by atomic mass is 19.3. The number of alkyl halides is 2. The van der Waals surface area contributed by atoms with E-state index >= 15 is 8.78 Å². The largest absolute Gasteiger partial charge is 0.496 e. The van der Waals surface area contributed by atoms with Gasteiger partial charge < -0.3 is 19.4 Å². The monoisotopic (exact) mass is 417 g/mol. The van der Waals surface area contributed by atoms with Crippen molar-refractivity contribution in [3.63, 3.8) is 0 Å². The summed E-state index contributed by atoms with van der Waals surface area (Å²) in [7, 11) is -1.18. The molecule has 0 aliphatic carbocycles. The van der Waals surface area contributed by atoms with Crippen LogP contribution in [-0.4, -0.2) is 44.4 Å². The van der Waals surface area contributed by atoms with Crippen molar-refractivity contribution in [2.45, 2.75) is 51.7 Å². The van der Waals surface area contributed by atoms with Crippen LogP contribution in [0, 0.1) is 17.0 Å². The maximum atomic E-state index is 15.4. The van der Waals surface area contributed by atoms with Crippen molar-refractivity contribution in [2.24, 2.45) is 5.41 Å². The SMILES string of the molecule is CC1(C)COB(c2cc(C3(C)NC(=O)COC(C)(C)C3(F)F)c(F)cc2F)OC1. The summed E-state index contributed by atoms with van der Waals surface area (Å²) in [6.07, 6.45) is 0. The average Bonchev–Trinajstić information content (AvgIpc) is 2.65. The minimum Gasteiger partial charge on any atom is -0.407 e.